The third-order valence-corrected chi connectivity index (χ3v) is 1.85. The van der Waals surface area contributed by atoms with Gasteiger partial charge >= 0.3 is 5.97 Å². The van der Waals surface area contributed by atoms with Gasteiger partial charge in [-0.3, -0.25) is 0 Å². The standard InChI is InChI=1S/C9H7FO2/c10-8-5-6-3-1-2-4-7(6)9(11)12-8/h1-4,8H,5H2. The Hall–Kier alpha value is -1.38. The lowest BCUT2D eigenvalue weighted by atomic mass is 10.0. The number of hydrogen-bond donors (Lipinski definition) is 0. The molecule has 1 aromatic carbocycles. The van der Waals surface area contributed by atoms with Crippen molar-refractivity contribution in [2.45, 2.75) is 12.8 Å². The molecule has 0 aromatic heterocycles. The quantitative estimate of drug-likeness (QED) is 0.548. The number of alkyl halides is 1. The molecule has 62 valence electrons. The smallest absolute Gasteiger partial charge is 0.340 e. The minimum Gasteiger partial charge on any atom is -0.427 e. The van der Waals surface area contributed by atoms with Crippen LogP contribution in [0.4, 0.5) is 4.39 Å². The lowest BCUT2D eigenvalue weighted by molar-refractivity contribution is -0.0200. The highest BCUT2D eigenvalue weighted by Crippen LogP contribution is 2.20. The fourth-order valence-corrected chi connectivity index (χ4v) is 1.29. The van der Waals surface area contributed by atoms with E-state index in [0.717, 1.165) is 5.56 Å². The van der Waals surface area contributed by atoms with E-state index in [2.05, 4.69) is 4.74 Å². The highest BCUT2D eigenvalue weighted by molar-refractivity contribution is 5.92. The zero-order valence-corrected chi connectivity index (χ0v) is 6.29. The Morgan fingerprint density at radius 1 is 1.42 bits per heavy atom. The molecule has 1 aliphatic rings. The SMILES string of the molecule is O=C1OC(F)Cc2ccccc21. The van der Waals surface area contributed by atoms with E-state index in [0.29, 0.717) is 5.56 Å². The maximum atomic E-state index is 12.7. The Bertz CT molecular complexity index is 322. The first-order valence-corrected chi connectivity index (χ1v) is 3.70. The van der Waals surface area contributed by atoms with Gasteiger partial charge in [-0.2, -0.15) is 0 Å². The fraction of sp³-hybridized carbons (Fsp3) is 0.222. The van der Waals surface area contributed by atoms with Crippen LogP contribution in [0.1, 0.15) is 15.9 Å². The predicted octanol–water partition coefficient (Wildman–Crippen LogP) is 1.70. The van der Waals surface area contributed by atoms with Gasteiger partial charge in [-0.15, -0.1) is 0 Å². The first kappa shape index (κ1) is 7.28. The topological polar surface area (TPSA) is 26.3 Å². The lowest BCUT2D eigenvalue weighted by Crippen LogP contribution is -2.23. The fourth-order valence-electron chi connectivity index (χ4n) is 1.29. The molecule has 0 saturated heterocycles. The van der Waals surface area contributed by atoms with Gasteiger partial charge in [-0.25, -0.2) is 9.18 Å². The first-order chi connectivity index (χ1) is 5.77. The normalized spacial score (nSPS) is 21.4. The molecule has 0 spiro atoms. The van der Waals surface area contributed by atoms with Crippen LogP contribution in [0, 0.1) is 0 Å². The van der Waals surface area contributed by atoms with Crippen molar-refractivity contribution in [3.63, 3.8) is 0 Å². The summed E-state index contributed by atoms with van der Waals surface area (Å²) in [6.07, 6.45) is -1.31. The van der Waals surface area contributed by atoms with Crippen LogP contribution >= 0.6 is 0 Å². The van der Waals surface area contributed by atoms with Crippen LogP contribution in [0.2, 0.25) is 0 Å². The predicted molar refractivity (Wildman–Crippen MR) is 40.5 cm³/mol. The van der Waals surface area contributed by atoms with Crippen molar-refractivity contribution in [1.82, 2.24) is 0 Å². The van der Waals surface area contributed by atoms with E-state index in [1.165, 1.54) is 0 Å². The van der Waals surface area contributed by atoms with Gasteiger partial charge < -0.3 is 4.74 Å². The van der Waals surface area contributed by atoms with Crippen molar-refractivity contribution in [3.05, 3.63) is 35.4 Å². The van der Waals surface area contributed by atoms with Gasteiger partial charge in [0.2, 0.25) is 6.36 Å². The summed E-state index contributed by atoms with van der Waals surface area (Å²) in [5, 5.41) is 0. The maximum Gasteiger partial charge on any atom is 0.340 e. The van der Waals surface area contributed by atoms with E-state index in [4.69, 9.17) is 0 Å². The number of carbonyl (C=O) groups is 1. The molecule has 1 aliphatic heterocycles. The number of halogens is 1. The molecule has 1 aromatic rings. The summed E-state index contributed by atoms with van der Waals surface area (Å²) in [7, 11) is 0. The average Bonchev–Trinajstić information content (AvgIpc) is 2.04. The average molecular weight is 166 g/mol. The number of benzene rings is 1. The second-order valence-electron chi connectivity index (χ2n) is 2.68. The summed E-state index contributed by atoms with van der Waals surface area (Å²) in [6.45, 7) is 0. The number of rotatable bonds is 0. The van der Waals surface area contributed by atoms with Gasteiger partial charge in [0.1, 0.15) is 0 Å². The molecule has 1 heterocycles. The molecule has 0 radical (unpaired) electrons. The molecule has 0 saturated carbocycles. The van der Waals surface area contributed by atoms with Crippen LogP contribution in [0.25, 0.3) is 0 Å². The van der Waals surface area contributed by atoms with E-state index in [9.17, 15) is 9.18 Å². The molecular formula is C9H7FO2. The van der Waals surface area contributed by atoms with E-state index < -0.39 is 12.3 Å². The van der Waals surface area contributed by atoms with E-state index in [1.54, 1.807) is 24.3 Å². The molecule has 0 aliphatic carbocycles. The van der Waals surface area contributed by atoms with Gasteiger partial charge in [0.25, 0.3) is 0 Å². The van der Waals surface area contributed by atoms with Crippen LogP contribution in [0.3, 0.4) is 0 Å². The molecule has 1 unspecified atom stereocenters. The molecule has 1 atom stereocenters. The molecule has 12 heavy (non-hydrogen) atoms. The molecule has 0 fully saturated rings. The van der Waals surface area contributed by atoms with Crippen molar-refractivity contribution in [2.24, 2.45) is 0 Å². The Balaban J connectivity index is 2.47. The second-order valence-corrected chi connectivity index (χ2v) is 2.68. The van der Waals surface area contributed by atoms with Crippen LogP contribution in [0.5, 0.6) is 0 Å². The Morgan fingerprint density at radius 2 is 2.17 bits per heavy atom. The lowest BCUT2D eigenvalue weighted by Gasteiger charge is -2.18. The van der Waals surface area contributed by atoms with E-state index >= 15 is 0 Å². The van der Waals surface area contributed by atoms with Crippen molar-refractivity contribution >= 4 is 5.97 Å². The minimum absolute atomic E-state index is 0.169. The van der Waals surface area contributed by atoms with Crippen LogP contribution in [-0.4, -0.2) is 12.3 Å². The minimum atomic E-state index is -1.48. The van der Waals surface area contributed by atoms with E-state index in [-0.39, 0.29) is 6.42 Å². The van der Waals surface area contributed by atoms with Crippen molar-refractivity contribution in [2.75, 3.05) is 0 Å². The van der Waals surface area contributed by atoms with Gasteiger partial charge in [0, 0.05) is 6.42 Å². The zero-order valence-electron chi connectivity index (χ0n) is 6.29. The highest BCUT2D eigenvalue weighted by atomic mass is 19.1. The molecular weight excluding hydrogens is 159 g/mol. The first-order valence-electron chi connectivity index (χ1n) is 3.70. The number of cyclic esters (lactones) is 1. The van der Waals surface area contributed by atoms with Crippen LogP contribution < -0.4 is 0 Å². The zero-order chi connectivity index (χ0) is 8.55. The molecule has 0 N–H and O–H groups in total. The molecule has 3 heteroatoms. The van der Waals surface area contributed by atoms with Crippen molar-refractivity contribution < 1.29 is 13.9 Å². The third kappa shape index (κ3) is 1.07. The Kier molecular flexibility index (Phi) is 1.57. The highest BCUT2D eigenvalue weighted by Gasteiger charge is 2.24. The van der Waals surface area contributed by atoms with Gasteiger partial charge in [0.15, 0.2) is 0 Å². The number of ether oxygens (including phenoxy) is 1. The summed E-state index contributed by atoms with van der Waals surface area (Å²) >= 11 is 0. The largest absolute Gasteiger partial charge is 0.427 e. The number of carbonyl (C=O) groups excluding carboxylic acids is 1. The Morgan fingerprint density at radius 3 is 3.00 bits per heavy atom. The number of fused-ring (bicyclic) bond motifs is 1. The molecule has 0 bridgehead atoms. The van der Waals surface area contributed by atoms with Crippen molar-refractivity contribution in [1.29, 1.82) is 0 Å². The second kappa shape index (κ2) is 2.59. The van der Waals surface area contributed by atoms with Gasteiger partial charge in [-0.1, -0.05) is 18.2 Å². The van der Waals surface area contributed by atoms with Crippen LogP contribution in [0.15, 0.2) is 24.3 Å². The third-order valence-electron chi connectivity index (χ3n) is 1.85. The summed E-state index contributed by atoms with van der Waals surface area (Å²) in [5.41, 5.74) is 1.20. The summed E-state index contributed by atoms with van der Waals surface area (Å²) in [4.78, 5) is 11.0. The summed E-state index contributed by atoms with van der Waals surface area (Å²) in [6, 6.07) is 6.90. The summed E-state index contributed by atoms with van der Waals surface area (Å²) in [5.74, 6) is -0.565. The molecule has 2 rings (SSSR count). The van der Waals surface area contributed by atoms with Crippen molar-refractivity contribution in [3.8, 4) is 0 Å². The number of hydrogen-bond acceptors (Lipinski definition) is 2. The van der Waals surface area contributed by atoms with E-state index in [1.807, 2.05) is 0 Å². The van der Waals surface area contributed by atoms with Gasteiger partial charge in [0.05, 0.1) is 5.56 Å². The summed E-state index contributed by atoms with van der Waals surface area (Å²) < 4.78 is 17.1. The molecule has 2 nitrogen and oxygen atoms in total. The van der Waals surface area contributed by atoms with Gasteiger partial charge in [-0.05, 0) is 11.6 Å². The molecule has 0 amide bonds. The monoisotopic (exact) mass is 166 g/mol. The number of esters is 1. The van der Waals surface area contributed by atoms with Crippen LogP contribution in [-0.2, 0) is 11.2 Å². The Labute approximate surface area is 69.0 Å². The maximum absolute atomic E-state index is 12.7.